The molecule has 4 nitrogen and oxygen atoms in total. The van der Waals surface area contributed by atoms with Crippen LogP contribution in [-0.2, 0) is 11.4 Å². The van der Waals surface area contributed by atoms with E-state index in [1.54, 1.807) is 24.3 Å². The summed E-state index contributed by atoms with van der Waals surface area (Å²) in [5.41, 5.74) is 3.32. The van der Waals surface area contributed by atoms with Gasteiger partial charge in [-0.3, -0.25) is 4.79 Å². The number of nitrogens with one attached hydrogen (secondary N) is 1. The summed E-state index contributed by atoms with van der Waals surface area (Å²) in [7, 11) is 0. The standard InChI is InChI=1S/C24H17Br3N2O2/c1-15-4-2-3-5-22(15)29-24(30)18(13-28)10-17-11-20(26)23(21(27)12-17)31-14-16-6-8-19(25)9-7-16/h2-12H,14H2,1H3,(H,29,30)/b18-10-. The van der Waals surface area contributed by atoms with Gasteiger partial charge in [0.2, 0.25) is 0 Å². The van der Waals surface area contributed by atoms with Crippen LogP contribution in [0.15, 0.2) is 79.7 Å². The van der Waals surface area contributed by atoms with Crippen molar-refractivity contribution in [2.45, 2.75) is 13.5 Å². The van der Waals surface area contributed by atoms with Crippen molar-refractivity contribution in [1.29, 1.82) is 5.26 Å². The van der Waals surface area contributed by atoms with Crippen molar-refractivity contribution in [3.63, 3.8) is 0 Å². The average Bonchev–Trinajstić information content (AvgIpc) is 2.74. The van der Waals surface area contributed by atoms with Crippen molar-refractivity contribution in [3.8, 4) is 11.8 Å². The fourth-order valence-corrected chi connectivity index (χ4v) is 4.47. The second kappa shape index (κ2) is 10.8. The van der Waals surface area contributed by atoms with Gasteiger partial charge in [0.25, 0.3) is 5.91 Å². The van der Waals surface area contributed by atoms with Crippen molar-refractivity contribution < 1.29 is 9.53 Å². The van der Waals surface area contributed by atoms with Crippen molar-refractivity contribution in [3.05, 3.63) is 96.3 Å². The highest BCUT2D eigenvalue weighted by molar-refractivity contribution is 9.11. The molecule has 0 saturated heterocycles. The molecule has 0 aromatic heterocycles. The Kier molecular flexibility index (Phi) is 8.08. The van der Waals surface area contributed by atoms with Crippen LogP contribution in [0.1, 0.15) is 16.7 Å². The zero-order valence-corrected chi connectivity index (χ0v) is 21.2. The number of hydrogen-bond acceptors (Lipinski definition) is 3. The summed E-state index contributed by atoms with van der Waals surface area (Å²) in [6, 6.07) is 20.9. The third-order valence-corrected chi connectivity index (χ3v) is 6.09. The molecule has 3 rings (SSSR count). The average molecular weight is 605 g/mol. The van der Waals surface area contributed by atoms with Crippen LogP contribution in [0.5, 0.6) is 5.75 Å². The number of ether oxygens (including phenoxy) is 1. The van der Waals surface area contributed by atoms with E-state index in [-0.39, 0.29) is 5.57 Å². The van der Waals surface area contributed by atoms with Crippen LogP contribution in [0.4, 0.5) is 5.69 Å². The lowest BCUT2D eigenvalue weighted by Gasteiger charge is -2.12. The summed E-state index contributed by atoms with van der Waals surface area (Å²) in [5, 5.41) is 12.3. The first-order chi connectivity index (χ1) is 14.9. The van der Waals surface area contributed by atoms with Crippen LogP contribution in [0.25, 0.3) is 6.08 Å². The maximum Gasteiger partial charge on any atom is 0.266 e. The molecule has 0 aliphatic heterocycles. The second-order valence-corrected chi connectivity index (χ2v) is 9.29. The lowest BCUT2D eigenvalue weighted by atomic mass is 10.1. The molecule has 0 saturated carbocycles. The Hall–Kier alpha value is -2.40. The van der Waals surface area contributed by atoms with Gasteiger partial charge >= 0.3 is 0 Å². The van der Waals surface area contributed by atoms with Crippen molar-refractivity contribution in [2.24, 2.45) is 0 Å². The first kappa shape index (κ1) is 23.3. The number of benzene rings is 3. The van der Waals surface area contributed by atoms with Crippen LogP contribution < -0.4 is 10.1 Å². The van der Waals surface area contributed by atoms with Gasteiger partial charge < -0.3 is 10.1 Å². The number of nitrogens with zero attached hydrogens (tertiary/aromatic N) is 1. The summed E-state index contributed by atoms with van der Waals surface area (Å²) < 4.78 is 8.37. The minimum atomic E-state index is -0.459. The van der Waals surface area contributed by atoms with Crippen molar-refractivity contribution >= 4 is 65.5 Å². The highest BCUT2D eigenvalue weighted by Crippen LogP contribution is 2.36. The fourth-order valence-electron chi connectivity index (χ4n) is 2.75. The predicted octanol–water partition coefficient (Wildman–Crippen LogP) is 7.41. The normalized spacial score (nSPS) is 11.0. The van der Waals surface area contributed by atoms with Crippen molar-refractivity contribution in [2.75, 3.05) is 5.32 Å². The molecular formula is C24H17Br3N2O2. The number of aryl methyl sites for hydroxylation is 1. The molecule has 0 spiro atoms. The molecule has 0 aliphatic rings. The Morgan fingerprint density at radius 3 is 2.32 bits per heavy atom. The maximum absolute atomic E-state index is 12.6. The van der Waals surface area contributed by atoms with E-state index in [9.17, 15) is 10.1 Å². The molecule has 0 heterocycles. The number of carbonyl (C=O) groups is 1. The number of rotatable bonds is 6. The molecule has 0 radical (unpaired) electrons. The lowest BCUT2D eigenvalue weighted by Crippen LogP contribution is -2.14. The minimum Gasteiger partial charge on any atom is -0.487 e. The third kappa shape index (κ3) is 6.30. The van der Waals surface area contributed by atoms with E-state index in [1.165, 1.54) is 0 Å². The number of anilines is 1. The van der Waals surface area contributed by atoms with E-state index >= 15 is 0 Å². The number of amides is 1. The number of carbonyl (C=O) groups excluding carboxylic acids is 1. The summed E-state index contributed by atoms with van der Waals surface area (Å²) >= 11 is 10.5. The third-order valence-electron chi connectivity index (χ3n) is 4.39. The van der Waals surface area contributed by atoms with Crippen LogP contribution >= 0.6 is 47.8 Å². The van der Waals surface area contributed by atoms with Crippen LogP contribution in [0.2, 0.25) is 0 Å². The van der Waals surface area contributed by atoms with E-state index in [0.29, 0.717) is 32.6 Å². The quantitative estimate of drug-likeness (QED) is 0.235. The first-order valence-corrected chi connectivity index (χ1v) is 11.6. The molecule has 1 N–H and O–H groups in total. The molecule has 0 unspecified atom stereocenters. The van der Waals surface area contributed by atoms with Crippen LogP contribution in [0.3, 0.4) is 0 Å². The van der Waals surface area contributed by atoms with E-state index in [4.69, 9.17) is 4.74 Å². The molecule has 0 atom stereocenters. The topological polar surface area (TPSA) is 62.1 Å². The molecule has 1 amide bonds. The van der Waals surface area contributed by atoms with Gasteiger partial charge in [-0.05, 0) is 91.9 Å². The molecule has 0 aliphatic carbocycles. The van der Waals surface area contributed by atoms with Crippen LogP contribution in [-0.4, -0.2) is 5.91 Å². The van der Waals surface area contributed by atoms with E-state index in [2.05, 4.69) is 53.1 Å². The van der Waals surface area contributed by atoms with E-state index < -0.39 is 5.91 Å². The predicted molar refractivity (Wildman–Crippen MR) is 134 cm³/mol. The SMILES string of the molecule is Cc1ccccc1NC(=O)/C(C#N)=C\c1cc(Br)c(OCc2ccc(Br)cc2)c(Br)c1. The van der Waals surface area contributed by atoms with Gasteiger partial charge in [0.05, 0.1) is 8.95 Å². The second-order valence-electron chi connectivity index (χ2n) is 6.67. The number of hydrogen-bond donors (Lipinski definition) is 1. The molecule has 156 valence electrons. The molecule has 0 bridgehead atoms. The zero-order chi connectivity index (χ0) is 22.4. The molecule has 31 heavy (non-hydrogen) atoms. The van der Waals surface area contributed by atoms with Crippen molar-refractivity contribution in [1.82, 2.24) is 0 Å². The van der Waals surface area contributed by atoms with Gasteiger partial charge in [-0.25, -0.2) is 0 Å². The largest absolute Gasteiger partial charge is 0.487 e. The van der Waals surface area contributed by atoms with Gasteiger partial charge in [0, 0.05) is 10.2 Å². The van der Waals surface area contributed by atoms with Gasteiger partial charge in [0.1, 0.15) is 24.0 Å². The molecule has 0 fully saturated rings. The maximum atomic E-state index is 12.6. The molecule has 7 heteroatoms. The smallest absolute Gasteiger partial charge is 0.266 e. The summed E-state index contributed by atoms with van der Waals surface area (Å²) in [4.78, 5) is 12.6. The van der Waals surface area contributed by atoms with E-state index in [0.717, 1.165) is 15.6 Å². The number of nitriles is 1. The highest BCUT2D eigenvalue weighted by atomic mass is 79.9. The molecule has 3 aromatic rings. The Bertz CT molecular complexity index is 1160. The van der Waals surface area contributed by atoms with Gasteiger partial charge in [-0.1, -0.05) is 46.3 Å². The number of halogens is 3. The Balaban J connectivity index is 1.78. The zero-order valence-electron chi connectivity index (χ0n) is 16.5. The van der Waals surface area contributed by atoms with Gasteiger partial charge in [-0.2, -0.15) is 5.26 Å². The van der Waals surface area contributed by atoms with Gasteiger partial charge in [0.15, 0.2) is 0 Å². The molecular weight excluding hydrogens is 588 g/mol. The minimum absolute atomic E-state index is 0.00517. The Morgan fingerprint density at radius 1 is 1.06 bits per heavy atom. The first-order valence-electron chi connectivity index (χ1n) is 9.22. The van der Waals surface area contributed by atoms with Crippen LogP contribution in [0, 0.1) is 18.3 Å². The fraction of sp³-hybridized carbons (Fsp3) is 0.0833. The Morgan fingerprint density at radius 2 is 1.71 bits per heavy atom. The number of para-hydroxylation sites is 1. The summed E-state index contributed by atoms with van der Waals surface area (Å²) in [6.45, 7) is 2.30. The monoisotopic (exact) mass is 602 g/mol. The van der Waals surface area contributed by atoms with Gasteiger partial charge in [-0.15, -0.1) is 0 Å². The Labute approximate surface area is 206 Å². The summed E-state index contributed by atoms with van der Waals surface area (Å²) in [5.74, 6) is 0.183. The summed E-state index contributed by atoms with van der Waals surface area (Å²) in [6.07, 6.45) is 1.54. The van der Waals surface area contributed by atoms with E-state index in [1.807, 2.05) is 55.5 Å². The molecule has 3 aromatic carbocycles. The highest BCUT2D eigenvalue weighted by Gasteiger charge is 2.13. The lowest BCUT2D eigenvalue weighted by molar-refractivity contribution is -0.112.